The van der Waals surface area contributed by atoms with E-state index in [0.717, 1.165) is 49.6 Å². The summed E-state index contributed by atoms with van der Waals surface area (Å²) in [7, 11) is 1.90. The third-order valence-electron chi connectivity index (χ3n) is 6.02. The Balaban J connectivity index is 1.29. The van der Waals surface area contributed by atoms with Crippen molar-refractivity contribution in [2.75, 3.05) is 13.2 Å². The summed E-state index contributed by atoms with van der Waals surface area (Å²) < 4.78 is 12.8. The van der Waals surface area contributed by atoms with Crippen LogP contribution in [0.3, 0.4) is 0 Å². The lowest BCUT2D eigenvalue weighted by Crippen LogP contribution is -2.26. The minimum atomic E-state index is 0.148. The molecule has 1 fully saturated rings. The van der Waals surface area contributed by atoms with Crippen LogP contribution >= 0.6 is 0 Å². The maximum atomic E-state index is 12.8. The molecule has 2 aromatic heterocycles. The maximum absolute atomic E-state index is 12.8. The van der Waals surface area contributed by atoms with Crippen molar-refractivity contribution < 1.29 is 14.1 Å². The number of amides is 1. The first kappa shape index (κ1) is 19.0. The second-order valence-electron chi connectivity index (χ2n) is 7.98. The molecule has 0 spiro atoms. The molecule has 0 unspecified atom stereocenters. The molecule has 2 aliphatic heterocycles. The fourth-order valence-corrected chi connectivity index (χ4v) is 4.25. The Hall–Kier alpha value is -3.00. The van der Waals surface area contributed by atoms with Crippen molar-refractivity contribution in [1.29, 1.82) is 0 Å². The number of carbonyl (C=O) groups is 1. The quantitative estimate of drug-likeness (QED) is 0.646. The largest absolute Gasteiger partial charge is 0.381 e. The van der Waals surface area contributed by atoms with Crippen LogP contribution in [0.15, 0.2) is 34.9 Å². The van der Waals surface area contributed by atoms with Crippen molar-refractivity contribution in [2.45, 2.75) is 44.7 Å². The van der Waals surface area contributed by atoms with Gasteiger partial charge in [-0.25, -0.2) is 0 Å². The average molecular weight is 407 g/mol. The second kappa shape index (κ2) is 8.02. The SMILES string of the molecule is Cn1nc(-c2nc(C3CCOCC3)no2)c2c1CN(C(=O)CCc1ccccc1)C2. The number of ether oxygens (including phenoxy) is 1. The molecule has 0 bridgehead atoms. The van der Waals surface area contributed by atoms with E-state index in [0.29, 0.717) is 31.1 Å². The molecular formula is C22H25N5O3. The van der Waals surface area contributed by atoms with Crippen molar-refractivity contribution in [3.05, 3.63) is 53.0 Å². The Morgan fingerprint density at radius 2 is 1.97 bits per heavy atom. The zero-order chi connectivity index (χ0) is 20.5. The van der Waals surface area contributed by atoms with Gasteiger partial charge in [-0.1, -0.05) is 35.5 Å². The number of rotatable bonds is 5. The van der Waals surface area contributed by atoms with Gasteiger partial charge in [-0.05, 0) is 24.8 Å². The van der Waals surface area contributed by atoms with Crippen LogP contribution in [0.5, 0.6) is 0 Å². The molecule has 1 amide bonds. The molecule has 2 aliphatic rings. The van der Waals surface area contributed by atoms with Gasteiger partial charge < -0.3 is 14.2 Å². The Bertz CT molecular complexity index is 1040. The number of aromatic nitrogens is 4. The van der Waals surface area contributed by atoms with E-state index in [9.17, 15) is 4.79 Å². The Kier molecular flexibility index (Phi) is 5.08. The lowest BCUT2D eigenvalue weighted by Gasteiger charge is -2.18. The van der Waals surface area contributed by atoms with Gasteiger partial charge in [0.05, 0.1) is 18.8 Å². The van der Waals surface area contributed by atoms with Crippen molar-refractivity contribution in [3.8, 4) is 11.6 Å². The van der Waals surface area contributed by atoms with Crippen LogP contribution in [0.2, 0.25) is 0 Å². The highest BCUT2D eigenvalue weighted by Crippen LogP contribution is 2.33. The van der Waals surface area contributed by atoms with E-state index in [2.05, 4.69) is 27.4 Å². The minimum Gasteiger partial charge on any atom is -0.381 e. The van der Waals surface area contributed by atoms with Gasteiger partial charge in [-0.2, -0.15) is 10.1 Å². The Morgan fingerprint density at radius 3 is 2.77 bits per heavy atom. The zero-order valence-corrected chi connectivity index (χ0v) is 17.1. The van der Waals surface area contributed by atoms with E-state index in [1.807, 2.05) is 34.8 Å². The molecule has 0 atom stereocenters. The molecule has 156 valence electrons. The topological polar surface area (TPSA) is 86.3 Å². The third kappa shape index (κ3) is 3.63. The molecular weight excluding hydrogens is 382 g/mol. The van der Waals surface area contributed by atoms with Crippen LogP contribution in [-0.4, -0.2) is 43.9 Å². The van der Waals surface area contributed by atoms with Crippen LogP contribution in [-0.2, 0) is 36.1 Å². The number of aryl methyl sites for hydroxylation is 2. The highest BCUT2D eigenvalue weighted by Gasteiger charge is 2.32. The molecule has 0 saturated carbocycles. The van der Waals surface area contributed by atoms with E-state index in [1.165, 1.54) is 5.56 Å². The van der Waals surface area contributed by atoms with Crippen LogP contribution < -0.4 is 0 Å². The van der Waals surface area contributed by atoms with E-state index in [1.54, 1.807) is 0 Å². The summed E-state index contributed by atoms with van der Waals surface area (Å²) in [5.41, 5.74) is 3.91. The van der Waals surface area contributed by atoms with E-state index in [-0.39, 0.29) is 11.8 Å². The number of hydrogen-bond acceptors (Lipinski definition) is 6. The zero-order valence-electron chi connectivity index (χ0n) is 17.1. The third-order valence-corrected chi connectivity index (χ3v) is 6.02. The second-order valence-corrected chi connectivity index (χ2v) is 7.98. The molecule has 4 heterocycles. The minimum absolute atomic E-state index is 0.148. The summed E-state index contributed by atoms with van der Waals surface area (Å²) in [5.74, 6) is 1.58. The number of nitrogens with zero attached hydrogens (tertiary/aromatic N) is 5. The van der Waals surface area contributed by atoms with E-state index in [4.69, 9.17) is 9.26 Å². The average Bonchev–Trinajstić information content (AvgIpc) is 3.50. The van der Waals surface area contributed by atoms with Gasteiger partial charge >= 0.3 is 0 Å². The number of fused-ring (bicyclic) bond motifs is 1. The fourth-order valence-electron chi connectivity index (χ4n) is 4.25. The van der Waals surface area contributed by atoms with Crippen LogP contribution in [0.25, 0.3) is 11.6 Å². The van der Waals surface area contributed by atoms with Gasteiger partial charge in [0.15, 0.2) is 11.5 Å². The first-order valence-electron chi connectivity index (χ1n) is 10.5. The van der Waals surface area contributed by atoms with Gasteiger partial charge in [0, 0.05) is 38.2 Å². The Labute approximate surface area is 174 Å². The molecule has 0 radical (unpaired) electrons. The molecule has 1 aromatic carbocycles. The van der Waals surface area contributed by atoms with Crippen molar-refractivity contribution in [1.82, 2.24) is 24.8 Å². The van der Waals surface area contributed by atoms with Crippen molar-refractivity contribution >= 4 is 5.91 Å². The molecule has 8 heteroatoms. The summed E-state index contributed by atoms with van der Waals surface area (Å²) in [5, 5.41) is 8.80. The van der Waals surface area contributed by atoms with Crippen LogP contribution in [0, 0.1) is 0 Å². The van der Waals surface area contributed by atoms with Crippen LogP contribution in [0.4, 0.5) is 0 Å². The van der Waals surface area contributed by atoms with Gasteiger partial charge in [-0.3, -0.25) is 9.48 Å². The summed E-state index contributed by atoms with van der Waals surface area (Å²) in [4.78, 5) is 19.3. The molecule has 5 rings (SSSR count). The van der Waals surface area contributed by atoms with Gasteiger partial charge in [0.1, 0.15) is 0 Å². The first-order valence-corrected chi connectivity index (χ1v) is 10.5. The maximum Gasteiger partial charge on any atom is 0.278 e. The molecule has 0 N–H and O–H groups in total. The lowest BCUT2D eigenvalue weighted by atomic mass is 10.00. The number of carbonyl (C=O) groups excluding carboxylic acids is 1. The molecule has 3 aromatic rings. The highest BCUT2D eigenvalue weighted by molar-refractivity contribution is 5.77. The summed E-state index contributed by atoms with van der Waals surface area (Å²) in [6.07, 6.45) is 3.05. The molecule has 30 heavy (non-hydrogen) atoms. The van der Waals surface area contributed by atoms with E-state index < -0.39 is 0 Å². The molecule has 0 aliphatic carbocycles. The standard InChI is InChI=1S/C22H25N5O3/c1-26-18-14-27(19(28)8-7-15-5-3-2-4-6-15)13-17(18)20(24-26)22-23-21(25-30-22)16-9-11-29-12-10-16/h2-6,16H,7-14H2,1H3. The van der Waals surface area contributed by atoms with Gasteiger partial charge in [-0.15, -0.1) is 0 Å². The Morgan fingerprint density at radius 1 is 1.17 bits per heavy atom. The smallest absolute Gasteiger partial charge is 0.278 e. The number of hydrogen-bond donors (Lipinski definition) is 0. The molecule has 8 nitrogen and oxygen atoms in total. The van der Waals surface area contributed by atoms with Gasteiger partial charge in [0.25, 0.3) is 5.89 Å². The lowest BCUT2D eigenvalue weighted by molar-refractivity contribution is -0.131. The van der Waals surface area contributed by atoms with E-state index >= 15 is 0 Å². The highest BCUT2D eigenvalue weighted by atomic mass is 16.5. The van der Waals surface area contributed by atoms with Crippen molar-refractivity contribution in [2.24, 2.45) is 7.05 Å². The first-order chi connectivity index (χ1) is 14.7. The van der Waals surface area contributed by atoms with Crippen molar-refractivity contribution in [3.63, 3.8) is 0 Å². The predicted molar refractivity (Wildman–Crippen MR) is 108 cm³/mol. The van der Waals surface area contributed by atoms with Crippen LogP contribution in [0.1, 0.15) is 47.8 Å². The van der Waals surface area contributed by atoms with Gasteiger partial charge in [0.2, 0.25) is 5.91 Å². The monoisotopic (exact) mass is 407 g/mol. The summed E-state index contributed by atoms with van der Waals surface area (Å²) in [6, 6.07) is 10.1. The normalized spacial score (nSPS) is 16.8. The summed E-state index contributed by atoms with van der Waals surface area (Å²) >= 11 is 0. The molecule has 1 saturated heterocycles. The fraction of sp³-hybridized carbons (Fsp3) is 0.455. The summed E-state index contributed by atoms with van der Waals surface area (Å²) in [6.45, 7) is 2.55. The predicted octanol–water partition coefficient (Wildman–Crippen LogP) is 2.84. The number of benzene rings is 1.